The minimum Gasteiger partial charge on any atom is -0.461 e. The number of benzene rings is 1. The van der Waals surface area contributed by atoms with Gasteiger partial charge in [-0.3, -0.25) is 4.79 Å². The maximum absolute atomic E-state index is 11.6. The molecule has 1 aromatic carbocycles. The minimum absolute atomic E-state index is 0.0134. The van der Waals surface area contributed by atoms with Crippen LogP contribution in [0.1, 0.15) is 17.4 Å². The van der Waals surface area contributed by atoms with Crippen molar-refractivity contribution in [3.8, 4) is 11.4 Å². The monoisotopic (exact) mass is 370 g/mol. The van der Waals surface area contributed by atoms with Gasteiger partial charge < -0.3 is 9.72 Å². The number of carbonyl (C=O) groups excluding carboxylic acids is 1. The molecule has 0 amide bonds. The van der Waals surface area contributed by atoms with Crippen LogP contribution in [0.5, 0.6) is 0 Å². The molecule has 0 aliphatic carbocycles. The minimum atomic E-state index is -0.597. The first kappa shape index (κ1) is 13.7. The van der Waals surface area contributed by atoms with Crippen LogP contribution >= 0.6 is 22.6 Å². The lowest BCUT2D eigenvalue weighted by molar-refractivity contribution is 0.0519. The van der Waals surface area contributed by atoms with Crippen LogP contribution in [0.2, 0.25) is 0 Å². The third-order valence-electron chi connectivity index (χ3n) is 2.32. The predicted molar refractivity (Wildman–Crippen MR) is 79.0 cm³/mol. The van der Waals surface area contributed by atoms with E-state index in [0.717, 1.165) is 15.2 Å². The molecule has 0 saturated carbocycles. The topological polar surface area (TPSA) is 72.1 Å². The van der Waals surface area contributed by atoms with Crippen molar-refractivity contribution in [3.63, 3.8) is 0 Å². The number of hydrogen-bond donors (Lipinski definition) is 1. The molecular formula is C13H11IN2O3. The third kappa shape index (κ3) is 3.40. The SMILES string of the molecule is CCOC(=O)c1cc(=O)[nH]c(-c2cccc(I)c2)n1. The van der Waals surface area contributed by atoms with E-state index >= 15 is 0 Å². The molecule has 0 spiro atoms. The van der Waals surface area contributed by atoms with Gasteiger partial charge >= 0.3 is 5.97 Å². The van der Waals surface area contributed by atoms with Gasteiger partial charge in [0, 0.05) is 15.2 Å². The van der Waals surface area contributed by atoms with Crippen LogP contribution in [0.4, 0.5) is 0 Å². The summed E-state index contributed by atoms with van der Waals surface area (Å²) in [7, 11) is 0. The number of aromatic nitrogens is 2. The Morgan fingerprint density at radius 2 is 2.21 bits per heavy atom. The predicted octanol–water partition coefficient (Wildman–Crippen LogP) is 2.22. The molecule has 0 unspecified atom stereocenters. The molecule has 19 heavy (non-hydrogen) atoms. The Labute approximate surface area is 123 Å². The lowest BCUT2D eigenvalue weighted by Crippen LogP contribution is -2.15. The van der Waals surface area contributed by atoms with Gasteiger partial charge in [-0.15, -0.1) is 0 Å². The van der Waals surface area contributed by atoms with Gasteiger partial charge in [0.25, 0.3) is 5.56 Å². The van der Waals surface area contributed by atoms with Crippen molar-refractivity contribution in [2.45, 2.75) is 6.92 Å². The zero-order valence-corrected chi connectivity index (χ0v) is 12.3. The molecule has 6 heteroatoms. The summed E-state index contributed by atoms with van der Waals surface area (Å²) in [6.07, 6.45) is 0. The van der Waals surface area contributed by atoms with Gasteiger partial charge in [-0.05, 0) is 41.6 Å². The molecule has 2 aromatic rings. The highest BCUT2D eigenvalue weighted by Crippen LogP contribution is 2.16. The molecule has 2 rings (SSSR count). The van der Waals surface area contributed by atoms with E-state index in [4.69, 9.17) is 4.74 Å². The molecule has 1 aromatic heterocycles. The van der Waals surface area contributed by atoms with Gasteiger partial charge in [0.1, 0.15) is 5.82 Å². The number of nitrogens with one attached hydrogen (secondary N) is 1. The lowest BCUT2D eigenvalue weighted by atomic mass is 10.2. The molecule has 0 saturated heterocycles. The molecule has 0 atom stereocenters. The maximum Gasteiger partial charge on any atom is 0.357 e. The zero-order chi connectivity index (χ0) is 13.8. The third-order valence-corrected chi connectivity index (χ3v) is 3.00. The molecule has 0 fully saturated rings. The smallest absolute Gasteiger partial charge is 0.357 e. The van der Waals surface area contributed by atoms with Crippen LogP contribution in [0, 0.1) is 3.57 Å². The second-order valence-corrected chi connectivity index (χ2v) is 4.96. The Morgan fingerprint density at radius 1 is 1.42 bits per heavy atom. The summed E-state index contributed by atoms with van der Waals surface area (Å²) in [6, 6.07) is 8.60. The Kier molecular flexibility index (Phi) is 4.31. The highest BCUT2D eigenvalue weighted by Gasteiger charge is 2.12. The number of aromatic amines is 1. The normalized spacial score (nSPS) is 10.2. The fourth-order valence-corrected chi connectivity index (χ4v) is 2.08. The van der Waals surface area contributed by atoms with Gasteiger partial charge in [-0.25, -0.2) is 9.78 Å². The second-order valence-electron chi connectivity index (χ2n) is 3.71. The van der Waals surface area contributed by atoms with E-state index in [-0.39, 0.29) is 17.9 Å². The highest BCUT2D eigenvalue weighted by atomic mass is 127. The van der Waals surface area contributed by atoms with Crippen LogP contribution in [-0.4, -0.2) is 22.5 Å². The van der Waals surface area contributed by atoms with Crippen molar-refractivity contribution in [1.29, 1.82) is 0 Å². The van der Waals surface area contributed by atoms with Crippen molar-refractivity contribution in [2.24, 2.45) is 0 Å². The summed E-state index contributed by atoms with van der Waals surface area (Å²) >= 11 is 2.16. The quantitative estimate of drug-likeness (QED) is 0.665. The number of ether oxygens (including phenoxy) is 1. The van der Waals surface area contributed by atoms with Gasteiger partial charge in [0.05, 0.1) is 6.61 Å². The zero-order valence-electron chi connectivity index (χ0n) is 10.1. The van der Waals surface area contributed by atoms with Crippen molar-refractivity contribution in [3.05, 3.63) is 49.9 Å². The maximum atomic E-state index is 11.6. The molecule has 1 N–H and O–H groups in total. The van der Waals surface area contributed by atoms with E-state index in [1.165, 1.54) is 0 Å². The average molecular weight is 370 g/mol. The van der Waals surface area contributed by atoms with Crippen molar-refractivity contribution in [1.82, 2.24) is 9.97 Å². The van der Waals surface area contributed by atoms with Crippen LogP contribution in [0.25, 0.3) is 11.4 Å². The van der Waals surface area contributed by atoms with Crippen molar-refractivity contribution >= 4 is 28.6 Å². The number of esters is 1. The standard InChI is InChI=1S/C13H11IN2O3/c1-2-19-13(18)10-7-11(17)16-12(15-10)8-4-3-5-9(14)6-8/h3-7H,2H2,1H3,(H,15,16,17). The Balaban J connectivity index is 2.47. The number of rotatable bonds is 3. The van der Waals surface area contributed by atoms with E-state index in [1.807, 2.05) is 24.3 Å². The molecule has 5 nitrogen and oxygen atoms in total. The van der Waals surface area contributed by atoms with E-state index < -0.39 is 5.97 Å². The van der Waals surface area contributed by atoms with Crippen molar-refractivity contribution in [2.75, 3.05) is 6.61 Å². The first-order valence-corrected chi connectivity index (χ1v) is 6.72. The summed E-state index contributed by atoms with van der Waals surface area (Å²) in [4.78, 5) is 29.9. The number of halogens is 1. The highest BCUT2D eigenvalue weighted by molar-refractivity contribution is 14.1. The van der Waals surface area contributed by atoms with Crippen LogP contribution < -0.4 is 5.56 Å². The molecular weight excluding hydrogens is 359 g/mol. The first-order chi connectivity index (χ1) is 9.10. The van der Waals surface area contributed by atoms with Gasteiger partial charge in [0.15, 0.2) is 5.69 Å². The Bertz CT molecular complexity index is 667. The lowest BCUT2D eigenvalue weighted by Gasteiger charge is -2.04. The largest absolute Gasteiger partial charge is 0.461 e. The molecule has 0 bridgehead atoms. The summed E-state index contributed by atoms with van der Waals surface area (Å²) < 4.78 is 5.86. The van der Waals surface area contributed by atoms with Crippen molar-refractivity contribution < 1.29 is 9.53 Å². The fraction of sp³-hybridized carbons (Fsp3) is 0.154. The summed E-state index contributed by atoms with van der Waals surface area (Å²) in [6.45, 7) is 1.94. The fourth-order valence-electron chi connectivity index (χ4n) is 1.54. The van der Waals surface area contributed by atoms with Crippen LogP contribution in [-0.2, 0) is 4.74 Å². The van der Waals surface area contributed by atoms with Gasteiger partial charge in [-0.1, -0.05) is 12.1 Å². The molecule has 0 aliphatic rings. The molecule has 0 radical (unpaired) electrons. The average Bonchev–Trinajstić information content (AvgIpc) is 2.38. The van der Waals surface area contributed by atoms with E-state index in [0.29, 0.717) is 5.82 Å². The summed E-state index contributed by atoms with van der Waals surface area (Å²) in [5.74, 6) is -0.241. The summed E-state index contributed by atoms with van der Waals surface area (Å²) in [5, 5.41) is 0. The Morgan fingerprint density at radius 3 is 2.89 bits per heavy atom. The molecule has 98 valence electrons. The first-order valence-electron chi connectivity index (χ1n) is 5.64. The van der Waals surface area contributed by atoms with E-state index in [1.54, 1.807) is 6.92 Å². The number of carbonyl (C=O) groups is 1. The van der Waals surface area contributed by atoms with Crippen LogP contribution in [0.15, 0.2) is 35.1 Å². The van der Waals surface area contributed by atoms with E-state index in [9.17, 15) is 9.59 Å². The molecule has 1 heterocycles. The van der Waals surface area contributed by atoms with Gasteiger partial charge in [0.2, 0.25) is 0 Å². The number of nitrogens with zero attached hydrogens (tertiary/aromatic N) is 1. The number of H-pyrrole nitrogens is 1. The summed E-state index contributed by atoms with van der Waals surface area (Å²) in [5.41, 5.74) is 0.376. The second kappa shape index (κ2) is 5.96. The van der Waals surface area contributed by atoms with E-state index in [2.05, 4.69) is 32.6 Å². The van der Waals surface area contributed by atoms with Crippen LogP contribution in [0.3, 0.4) is 0 Å². The Hall–Kier alpha value is -1.70. The molecule has 0 aliphatic heterocycles. The number of hydrogen-bond acceptors (Lipinski definition) is 4. The van der Waals surface area contributed by atoms with Gasteiger partial charge in [-0.2, -0.15) is 0 Å².